The minimum Gasteiger partial charge on any atom is -0.465 e. The van der Waals surface area contributed by atoms with Gasteiger partial charge in [-0.25, -0.2) is 0 Å². The van der Waals surface area contributed by atoms with Crippen LogP contribution in [0.2, 0.25) is 0 Å². The molecule has 2 unspecified atom stereocenters. The zero-order valence-electron chi connectivity index (χ0n) is 13.4. The van der Waals surface area contributed by atoms with E-state index < -0.39 is 0 Å². The number of aromatic nitrogens is 2. The fraction of sp³-hybridized carbons (Fsp3) is 0.750. The monoisotopic (exact) mass is 293 g/mol. The summed E-state index contributed by atoms with van der Waals surface area (Å²) in [7, 11) is 0. The average Bonchev–Trinajstić information content (AvgIpc) is 2.96. The van der Waals surface area contributed by atoms with Crippen LogP contribution >= 0.6 is 0 Å². The lowest BCUT2D eigenvalue weighted by atomic mass is 10.0. The van der Waals surface area contributed by atoms with Crippen molar-refractivity contribution in [2.75, 3.05) is 13.2 Å². The van der Waals surface area contributed by atoms with E-state index in [9.17, 15) is 4.79 Å². The van der Waals surface area contributed by atoms with Gasteiger partial charge in [0.25, 0.3) is 0 Å². The van der Waals surface area contributed by atoms with Crippen molar-refractivity contribution in [2.24, 2.45) is 0 Å². The second-order valence-corrected chi connectivity index (χ2v) is 5.78. The van der Waals surface area contributed by atoms with Gasteiger partial charge in [-0.05, 0) is 45.7 Å². The largest absolute Gasteiger partial charge is 0.465 e. The molecule has 5 heteroatoms. The van der Waals surface area contributed by atoms with Gasteiger partial charge < -0.3 is 4.74 Å². The van der Waals surface area contributed by atoms with Crippen LogP contribution in [0.15, 0.2) is 12.3 Å². The smallest absolute Gasteiger partial charge is 0.323 e. The summed E-state index contributed by atoms with van der Waals surface area (Å²) >= 11 is 0. The normalized spacial score (nSPS) is 21.2. The molecule has 2 atom stereocenters. The Bertz CT molecular complexity index is 458. The number of hydrogen-bond acceptors (Lipinski definition) is 4. The SMILES string of the molecule is CCOC(=O)C1CCCCN1Cc1ccn(C(C)CC)n1. The highest BCUT2D eigenvalue weighted by Gasteiger charge is 2.30. The molecule has 118 valence electrons. The Morgan fingerprint density at radius 3 is 3.00 bits per heavy atom. The van der Waals surface area contributed by atoms with Crippen LogP contribution in [0, 0.1) is 0 Å². The molecule has 0 aromatic carbocycles. The highest BCUT2D eigenvalue weighted by molar-refractivity contribution is 5.75. The lowest BCUT2D eigenvalue weighted by Crippen LogP contribution is -2.45. The van der Waals surface area contributed by atoms with Gasteiger partial charge in [0, 0.05) is 18.8 Å². The van der Waals surface area contributed by atoms with E-state index in [1.807, 2.05) is 17.8 Å². The van der Waals surface area contributed by atoms with E-state index in [0.29, 0.717) is 12.6 Å². The molecule has 0 aliphatic carbocycles. The molecule has 0 spiro atoms. The van der Waals surface area contributed by atoms with E-state index in [1.54, 1.807) is 0 Å². The molecule has 1 saturated heterocycles. The molecule has 2 heterocycles. The fourth-order valence-electron chi connectivity index (χ4n) is 2.79. The summed E-state index contributed by atoms with van der Waals surface area (Å²) in [6, 6.07) is 2.37. The van der Waals surface area contributed by atoms with E-state index in [1.165, 1.54) is 0 Å². The summed E-state index contributed by atoms with van der Waals surface area (Å²) in [6.07, 6.45) is 6.23. The molecule has 0 radical (unpaired) electrons. The van der Waals surface area contributed by atoms with Crippen LogP contribution < -0.4 is 0 Å². The van der Waals surface area contributed by atoms with Gasteiger partial charge in [0.05, 0.1) is 12.3 Å². The Hall–Kier alpha value is -1.36. The van der Waals surface area contributed by atoms with E-state index >= 15 is 0 Å². The molecular weight excluding hydrogens is 266 g/mol. The quantitative estimate of drug-likeness (QED) is 0.757. The van der Waals surface area contributed by atoms with Crippen molar-refractivity contribution in [3.63, 3.8) is 0 Å². The van der Waals surface area contributed by atoms with Crippen molar-refractivity contribution in [1.29, 1.82) is 0 Å². The molecule has 0 amide bonds. The van der Waals surface area contributed by atoms with Crippen molar-refractivity contribution < 1.29 is 9.53 Å². The van der Waals surface area contributed by atoms with Crippen LogP contribution in [-0.2, 0) is 16.1 Å². The zero-order chi connectivity index (χ0) is 15.2. The van der Waals surface area contributed by atoms with Crippen molar-refractivity contribution in [3.05, 3.63) is 18.0 Å². The third kappa shape index (κ3) is 4.06. The van der Waals surface area contributed by atoms with Gasteiger partial charge in [-0.15, -0.1) is 0 Å². The molecule has 0 saturated carbocycles. The Labute approximate surface area is 127 Å². The Kier molecular flexibility index (Phi) is 5.79. The third-order valence-electron chi connectivity index (χ3n) is 4.24. The van der Waals surface area contributed by atoms with Gasteiger partial charge in [0.15, 0.2) is 0 Å². The summed E-state index contributed by atoms with van der Waals surface area (Å²) in [5.74, 6) is -0.0847. The molecule has 0 bridgehead atoms. The second-order valence-electron chi connectivity index (χ2n) is 5.78. The maximum Gasteiger partial charge on any atom is 0.323 e. The third-order valence-corrected chi connectivity index (χ3v) is 4.24. The van der Waals surface area contributed by atoms with Gasteiger partial charge >= 0.3 is 5.97 Å². The molecule has 1 aromatic rings. The number of ether oxygens (including phenoxy) is 1. The number of carbonyl (C=O) groups excluding carboxylic acids is 1. The molecular formula is C16H27N3O2. The van der Waals surface area contributed by atoms with Crippen LogP contribution in [0.1, 0.15) is 58.2 Å². The zero-order valence-corrected chi connectivity index (χ0v) is 13.4. The number of esters is 1. The molecule has 21 heavy (non-hydrogen) atoms. The number of nitrogens with zero attached hydrogens (tertiary/aromatic N) is 3. The van der Waals surface area contributed by atoms with Gasteiger partial charge in [0.1, 0.15) is 6.04 Å². The Balaban J connectivity index is 2.01. The standard InChI is InChI=1S/C16H27N3O2/c1-4-13(3)19-11-9-14(17-19)12-18-10-7-6-8-15(18)16(20)21-5-2/h9,11,13,15H,4-8,10,12H2,1-3H3. The number of likely N-dealkylation sites (tertiary alicyclic amines) is 1. The van der Waals surface area contributed by atoms with Crippen LogP contribution in [0.5, 0.6) is 0 Å². The van der Waals surface area contributed by atoms with Crippen LogP contribution in [0.25, 0.3) is 0 Å². The summed E-state index contributed by atoms with van der Waals surface area (Å²) in [5, 5.41) is 4.64. The molecule has 1 aliphatic heterocycles. The van der Waals surface area contributed by atoms with Gasteiger partial charge in [-0.3, -0.25) is 14.4 Å². The first-order chi connectivity index (χ1) is 10.2. The molecule has 2 rings (SSSR count). The van der Waals surface area contributed by atoms with E-state index in [4.69, 9.17) is 4.74 Å². The number of hydrogen-bond donors (Lipinski definition) is 0. The topological polar surface area (TPSA) is 47.4 Å². The molecule has 1 fully saturated rings. The first-order valence-corrected chi connectivity index (χ1v) is 8.10. The van der Waals surface area contributed by atoms with Gasteiger partial charge in [-0.2, -0.15) is 5.10 Å². The highest BCUT2D eigenvalue weighted by atomic mass is 16.5. The second kappa shape index (κ2) is 7.59. The van der Waals surface area contributed by atoms with Gasteiger partial charge in [0.2, 0.25) is 0 Å². The predicted molar refractivity (Wildman–Crippen MR) is 81.9 cm³/mol. The minimum atomic E-state index is -0.104. The van der Waals surface area contributed by atoms with Crippen LogP contribution in [0.3, 0.4) is 0 Å². The summed E-state index contributed by atoms with van der Waals surface area (Å²) in [6.45, 7) is 8.31. The Morgan fingerprint density at radius 2 is 2.29 bits per heavy atom. The lowest BCUT2D eigenvalue weighted by Gasteiger charge is -2.33. The van der Waals surface area contributed by atoms with Crippen molar-refractivity contribution in [3.8, 4) is 0 Å². The summed E-state index contributed by atoms with van der Waals surface area (Å²) < 4.78 is 7.22. The van der Waals surface area contributed by atoms with Crippen LogP contribution in [-0.4, -0.2) is 39.8 Å². The number of rotatable bonds is 6. The van der Waals surface area contributed by atoms with E-state index in [2.05, 4.69) is 29.9 Å². The maximum absolute atomic E-state index is 12.1. The lowest BCUT2D eigenvalue weighted by molar-refractivity contribution is -0.151. The van der Waals surface area contributed by atoms with Crippen molar-refractivity contribution in [2.45, 2.75) is 65.1 Å². The average molecular weight is 293 g/mol. The molecule has 5 nitrogen and oxygen atoms in total. The number of carbonyl (C=O) groups is 1. The first kappa shape index (κ1) is 16.0. The van der Waals surface area contributed by atoms with Crippen LogP contribution in [0.4, 0.5) is 0 Å². The Morgan fingerprint density at radius 1 is 1.48 bits per heavy atom. The first-order valence-electron chi connectivity index (χ1n) is 8.10. The van der Waals surface area contributed by atoms with Crippen molar-refractivity contribution in [1.82, 2.24) is 14.7 Å². The summed E-state index contributed by atoms with van der Waals surface area (Å²) in [5.41, 5.74) is 1.03. The minimum absolute atomic E-state index is 0.0847. The molecule has 1 aliphatic rings. The maximum atomic E-state index is 12.1. The van der Waals surface area contributed by atoms with E-state index in [0.717, 1.165) is 44.5 Å². The van der Waals surface area contributed by atoms with Crippen molar-refractivity contribution >= 4 is 5.97 Å². The predicted octanol–water partition coefficient (Wildman–Crippen LogP) is 2.77. The van der Waals surface area contributed by atoms with E-state index in [-0.39, 0.29) is 12.0 Å². The molecule has 0 N–H and O–H groups in total. The highest BCUT2D eigenvalue weighted by Crippen LogP contribution is 2.21. The van der Waals surface area contributed by atoms with Gasteiger partial charge in [-0.1, -0.05) is 13.3 Å². The summed E-state index contributed by atoms with van der Waals surface area (Å²) in [4.78, 5) is 14.3. The number of piperidine rings is 1. The fourth-order valence-corrected chi connectivity index (χ4v) is 2.79. The molecule has 1 aromatic heterocycles.